The summed E-state index contributed by atoms with van der Waals surface area (Å²) >= 11 is 0. The number of benzene rings is 1. The molecule has 3 N–H and O–H groups in total. The Bertz CT molecular complexity index is 371. The average molecular weight is 268 g/mol. The van der Waals surface area contributed by atoms with Crippen LogP contribution in [0.2, 0.25) is 0 Å². The SMILES string of the molecule is CCCCCCCC(NN)c1ccc(OC)cc1F. The van der Waals surface area contributed by atoms with E-state index in [4.69, 9.17) is 10.6 Å². The molecule has 0 amide bonds. The molecule has 0 radical (unpaired) electrons. The summed E-state index contributed by atoms with van der Waals surface area (Å²) in [4.78, 5) is 0. The van der Waals surface area contributed by atoms with Crippen LogP contribution in [0.1, 0.15) is 57.1 Å². The summed E-state index contributed by atoms with van der Waals surface area (Å²) < 4.78 is 18.9. The molecule has 0 spiro atoms. The monoisotopic (exact) mass is 268 g/mol. The van der Waals surface area contributed by atoms with Crippen LogP contribution in [0.25, 0.3) is 0 Å². The van der Waals surface area contributed by atoms with Gasteiger partial charge in [-0.1, -0.05) is 45.1 Å². The van der Waals surface area contributed by atoms with Gasteiger partial charge in [0.05, 0.1) is 7.11 Å². The number of rotatable bonds is 9. The molecule has 0 aliphatic rings. The Morgan fingerprint density at radius 1 is 1.26 bits per heavy atom. The van der Waals surface area contributed by atoms with E-state index >= 15 is 0 Å². The maximum Gasteiger partial charge on any atom is 0.131 e. The molecule has 108 valence electrons. The van der Waals surface area contributed by atoms with Crippen molar-refractivity contribution in [1.29, 1.82) is 0 Å². The van der Waals surface area contributed by atoms with Crippen LogP contribution in [0.3, 0.4) is 0 Å². The second-order valence-electron chi connectivity index (χ2n) is 4.81. The van der Waals surface area contributed by atoms with Gasteiger partial charge in [-0.2, -0.15) is 0 Å². The molecule has 0 saturated heterocycles. The molecule has 1 aromatic carbocycles. The first-order chi connectivity index (χ1) is 9.22. The molecule has 1 aromatic rings. The van der Waals surface area contributed by atoms with Crippen LogP contribution in [-0.4, -0.2) is 7.11 Å². The van der Waals surface area contributed by atoms with Gasteiger partial charge < -0.3 is 4.74 Å². The third-order valence-electron chi connectivity index (χ3n) is 3.38. The fourth-order valence-electron chi connectivity index (χ4n) is 2.20. The fraction of sp³-hybridized carbons (Fsp3) is 0.600. The van der Waals surface area contributed by atoms with E-state index in [0.29, 0.717) is 11.3 Å². The predicted molar refractivity (Wildman–Crippen MR) is 76.4 cm³/mol. The Hall–Kier alpha value is -1.13. The van der Waals surface area contributed by atoms with Crippen molar-refractivity contribution in [2.75, 3.05) is 7.11 Å². The Morgan fingerprint density at radius 3 is 2.58 bits per heavy atom. The lowest BCUT2D eigenvalue weighted by Crippen LogP contribution is -2.28. The summed E-state index contributed by atoms with van der Waals surface area (Å²) in [5.41, 5.74) is 3.32. The normalized spacial score (nSPS) is 12.4. The van der Waals surface area contributed by atoms with Crippen molar-refractivity contribution < 1.29 is 9.13 Å². The zero-order chi connectivity index (χ0) is 14.1. The zero-order valence-electron chi connectivity index (χ0n) is 11.9. The molecule has 1 rings (SSSR count). The van der Waals surface area contributed by atoms with Crippen LogP contribution in [0.5, 0.6) is 5.75 Å². The Labute approximate surface area is 115 Å². The molecule has 1 unspecified atom stereocenters. The molecular weight excluding hydrogens is 243 g/mol. The number of hydrogen-bond acceptors (Lipinski definition) is 3. The summed E-state index contributed by atoms with van der Waals surface area (Å²) in [7, 11) is 1.53. The van der Waals surface area contributed by atoms with E-state index < -0.39 is 0 Å². The minimum atomic E-state index is -0.268. The van der Waals surface area contributed by atoms with Crippen molar-refractivity contribution in [3.05, 3.63) is 29.6 Å². The van der Waals surface area contributed by atoms with Gasteiger partial charge in [-0.3, -0.25) is 11.3 Å². The van der Waals surface area contributed by atoms with Gasteiger partial charge in [-0.15, -0.1) is 0 Å². The van der Waals surface area contributed by atoms with Gasteiger partial charge in [-0.25, -0.2) is 4.39 Å². The first-order valence-corrected chi connectivity index (χ1v) is 7.02. The van der Waals surface area contributed by atoms with E-state index in [1.54, 1.807) is 12.1 Å². The second kappa shape index (κ2) is 8.88. The number of methoxy groups -OCH3 is 1. The first kappa shape index (κ1) is 15.9. The lowest BCUT2D eigenvalue weighted by molar-refractivity contribution is 0.407. The lowest BCUT2D eigenvalue weighted by atomic mass is 9.99. The van der Waals surface area contributed by atoms with E-state index in [1.165, 1.54) is 38.9 Å². The molecule has 3 nitrogen and oxygen atoms in total. The Kier molecular flexibility index (Phi) is 7.45. The number of unbranched alkanes of at least 4 members (excludes halogenated alkanes) is 4. The number of nitrogens with one attached hydrogen (secondary N) is 1. The summed E-state index contributed by atoms with van der Waals surface area (Å²) in [5, 5.41) is 0. The van der Waals surface area contributed by atoms with Crippen molar-refractivity contribution in [2.45, 2.75) is 51.5 Å². The molecule has 0 aliphatic carbocycles. The van der Waals surface area contributed by atoms with Gasteiger partial charge in [0.15, 0.2) is 0 Å². The lowest BCUT2D eigenvalue weighted by Gasteiger charge is -2.17. The van der Waals surface area contributed by atoms with Crippen molar-refractivity contribution in [3.8, 4) is 5.75 Å². The molecule has 0 heterocycles. The van der Waals surface area contributed by atoms with Crippen molar-refractivity contribution in [3.63, 3.8) is 0 Å². The van der Waals surface area contributed by atoms with E-state index in [-0.39, 0.29) is 11.9 Å². The van der Waals surface area contributed by atoms with Crippen LogP contribution < -0.4 is 16.0 Å². The summed E-state index contributed by atoms with van der Waals surface area (Å²) in [6.45, 7) is 2.19. The van der Waals surface area contributed by atoms with E-state index in [2.05, 4.69) is 12.3 Å². The predicted octanol–water partition coefficient (Wildman–Crippen LogP) is 3.70. The average Bonchev–Trinajstić information content (AvgIpc) is 2.43. The summed E-state index contributed by atoms with van der Waals surface area (Å²) in [6.07, 6.45) is 6.80. The maximum absolute atomic E-state index is 13.9. The Morgan fingerprint density at radius 2 is 2.00 bits per heavy atom. The van der Waals surface area contributed by atoms with Gasteiger partial charge in [0.2, 0.25) is 0 Å². The highest BCUT2D eigenvalue weighted by Gasteiger charge is 2.14. The zero-order valence-corrected chi connectivity index (χ0v) is 11.9. The van der Waals surface area contributed by atoms with Crippen LogP contribution in [-0.2, 0) is 0 Å². The highest BCUT2D eigenvalue weighted by Crippen LogP contribution is 2.25. The Balaban J connectivity index is 2.54. The highest BCUT2D eigenvalue weighted by atomic mass is 19.1. The minimum Gasteiger partial charge on any atom is -0.497 e. The number of ether oxygens (including phenoxy) is 1. The maximum atomic E-state index is 13.9. The molecule has 0 aliphatic heterocycles. The largest absolute Gasteiger partial charge is 0.497 e. The molecule has 0 saturated carbocycles. The van der Waals surface area contributed by atoms with Gasteiger partial charge >= 0.3 is 0 Å². The first-order valence-electron chi connectivity index (χ1n) is 7.02. The molecule has 4 heteroatoms. The number of halogens is 1. The van der Waals surface area contributed by atoms with Crippen molar-refractivity contribution in [1.82, 2.24) is 5.43 Å². The minimum absolute atomic E-state index is 0.132. The molecule has 0 aromatic heterocycles. The quantitative estimate of drug-likeness (QED) is 0.408. The topological polar surface area (TPSA) is 47.3 Å². The number of hydrogen-bond donors (Lipinski definition) is 2. The third kappa shape index (κ3) is 5.17. The number of nitrogens with two attached hydrogens (primary N) is 1. The van der Waals surface area contributed by atoms with Crippen LogP contribution >= 0.6 is 0 Å². The van der Waals surface area contributed by atoms with E-state index in [9.17, 15) is 4.39 Å². The molecule has 1 atom stereocenters. The highest BCUT2D eigenvalue weighted by molar-refractivity contribution is 5.30. The van der Waals surface area contributed by atoms with E-state index in [0.717, 1.165) is 12.8 Å². The molecular formula is C15H25FN2O. The second-order valence-corrected chi connectivity index (χ2v) is 4.81. The van der Waals surface area contributed by atoms with Crippen molar-refractivity contribution in [2.24, 2.45) is 5.84 Å². The molecule has 0 bridgehead atoms. The fourth-order valence-corrected chi connectivity index (χ4v) is 2.20. The van der Waals surface area contributed by atoms with E-state index in [1.807, 2.05) is 0 Å². The van der Waals surface area contributed by atoms with Gasteiger partial charge in [0.25, 0.3) is 0 Å². The smallest absolute Gasteiger partial charge is 0.131 e. The summed E-state index contributed by atoms with van der Waals surface area (Å²) in [6, 6.07) is 4.77. The van der Waals surface area contributed by atoms with Gasteiger partial charge in [-0.05, 0) is 12.5 Å². The van der Waals surface area contributed by atoms with Crippen LogP contribution in [0.4, 0.5) is 4.39 Å². The van der Waals surface area contributed by atoms with Crippen LogP contribution in [0, 0.1) is 5.82 Å². The summed E-state index contributed by atoms with van der Waals surface area (Å²) in [5.74, 6) is 5.80. The van der Waals surface area contributed by atoms with Crippen LogP contribution in [0.15, 0.2) is 18.2 Å². The van der Waals surface area contributed by atoms with Crippen molar-refractivity contribution >= 4 is 0 Å². The number of hydrazine groups is 1. The standard InChI is InChI=1S/C15H25FN2O/c1-3-4-5-6-7-8-15(18-17)13-10-9-12(19-2)11-14(13)16/h9-11,15,18H,3-8,17H2,1-2H3. The van der Waals surface area contributed by atoms with Gasteiger partial charge in [0, 0.05) is 17.7 Å². The molecule has 0 fully saturated rings. The third-order valence-corrected chi connectivity index (χ3v) is 3.38. The van der Waals surface area contributed by atoms with Gasteiger partial charge in [0.1, 0.15) is 11.6 Å². The molecule has 19 heavy (non-hydrogen) atoms.